The van der Waals surface area contributed by atoms with E-state index in [2.05, 4.69) is 14.9 Å². The van der Waals surface area contributed by atoms with Gasteiger partial charge >= 0.3 is 0 Å². The van der Waals surface area contributed by atoms with Crippen molar-refractivity contribution in [3.63, 3.8) is 0 Å². The Morgan fingerprint density at radius 1 is 1.00 bits per heavy atom. The van der Waals surface area contributed by atoms with Crippen molar-refractivity contribution < 1.29 is 8.42 Å². The zero-order valence-corrected chi connectivity index (χ0v) is 12.8. The molecule has 2 aromatic rings. The minimum Gasteiger partial charge on any atom is -0.209 e. The summed E-state index contributed by atoms with van der Waals surface area (Å²) >= 11 is 0. The zero-order chi connectivity index (χ0) is 14.9. The van der Waals surface area contributed by atoms with E-state index < -0.39 is 18.8 Å². The second-order valence-electron chi connectivity index (χ2n) is 4.37. The summed E-state index contributed by atoms with van der Waals surface area (Å²) in [5.74, 6) is 0. The van der Waals surface area contributed by atoms with Gasteiger partial charge in [-0.05, 0) is 41.6 Å². The van der Waals surface area contributed by atoms with E-state index in [1.54, 1.807) is 36.4 Å². The maximum atomic E-state index is 12.7. The zero-order valence-electron chi connectivity index (χ0n) is 11.1. The van der Waals surface area contributed by atoms with Gasteiger partial charge in [-0.25, -0.2) is 8.42 Å². The molecule has 0 bridgehead atoms. The molecule has 1 unspecified atom stereocenters. The number of hydrogen-bond donors (Lipinski definition) is 0. The van der Waals surface area contributed by atoms with Crippen molar-refractivity contribution in [2.45, 2.75) is 11.8 Å². The molecule has 0 aliphatic carbocycles. The van der Waals surface area contributed by atoms with Crippen molar-refractivity contribution in [3.05, 3.63) is 60.2 Å². The van der Waals surface area contributed by atoms with Crippen LogP contribution >= 0.6 is 0 Å². The molecule has 6 nitrogen and oxygen atoms in total. The number of para-hydroxylation sites is 1. The fraction of sp³-hybridized carbons (Fsp3) is 0.0769. The van der Waals surface area contributed by atoms with Crippen LogP contribution in [-0.2, 0) is 18.8 Å². The second kappa shape index (κ2) is 5.38. The lowest BCUT2D eigenvalue weighted by molar-refractivity contribution is 0.610. The first-order valence-corrected chi connectivity index (χ1v) is 9.26. The van der Waals surface area contributed by atoms with E-state index in [4.69, 9.17) is 0 Å². The Labute approximate surface area is 124 Å². The summed E-state index contributed by atoms with van der Waals surface area (Å²) in [6, 6.07) is 15.7. The molecule has 21 heavy (non-hydrogen) atoms. The fourth-order valence-electron chi connectivity index (χ4n) is 1.77. The third-order valence-corrected chi connectivity index (χ3v) is 7.27. The van der Waals surface area contributed by atoms with Crippen molar-refractivity contribution in [2.75, 3.05) is 4.41 Å². The lowest BCUT2D eigenvalue weighted by Gasteiger charge is -2.15. The lowest BCUT2D eigenvalue weighted by atomic mass is 10.2. The van der Waals surface area contributed by atoms with Gasteiger partial charge in [0.1, 0.15) is 0 Å². The van der Waals surface area contributed by atoms with Gasteiger partial charge in [0.2, 0.25) is 0 Å². The van der Waals surface area contributed by atoms with E-state index in [0.717, 1.165) is 5.56 Å². The van der Waals surface area contributed by atoms with Crippen LogP contribution in [0.5, 0.6) is 0 Å². The average molecular weight is 320 g/mol. The van der Waals surface area contributed by atoms with E-state index in [1.165, 1.54) is 4.41 Å². The smallest absolute Gasteiger partial charge is 0.209 e. The molecule has 0 N–H and O–H groups in total. The molecule has 0 saturated heterocycles. The molecule has 0 spiro atoms. The van der Waals surface area contributed by atoms with Gasteiger partial charge in [0, 0.05) is 0 Å². The fourth-order valence-corrected chi connectivity index (χ4v) is 5.36. The Morgan fingerprint density at radius 3 is 2.33 bits per heavy atom. The van der Waals surface area contributed by atoms with Crippen molar-refractivity contribution in [1.29, 1.82) is 0 Å². The molecule has 108 valence electrons. The van der Waals surface area contributed by atoms with Gasteiger partial charge in [-0.3, -0.25) is 0 Å². The standard InChI is InChI=1S/C13H12N4O2S2/c1-11-7-9-13(10-8-11)21(18,19)20-16-14-15-17(20)12-5-3-2-4-6-12/h2-10H,1H3. The third kappa shape index (κ3) is 2.59. The highest BCUT2D eigenvalue weighted by Crippen LogP contribution is 2.28. The van der Waals surface area contributed by atoms with Crippen LogP contribution in [0.2, 0.25) is 0 Å². The van der Waals surface area contributed by atoms with Crippen molar-refractivity contribution >= 4 is 24.5 Å². The summed E-state index contributed by atoms with van der Waals surface area (Å²) in [4.78, 5) is 0.216. The van der Waals surface area contributed by atoms with Crippen LogP contribution in [0, 0.1) is 6.92 Å². The molecule has 3 rings (SSSR count). The molecule has 0 fully saturated rings. The molecule has 1 aliphatic rings. The maximum absolute atomic E-state index is 12.7. The van der Waals surface area contributed by atoms with Crippen molar-refractivity contribution in [1.82, 2.24) is 0 Å². The molecule has 0 aromatic heterocycles. The molecule has 0 amide bonds. The van der Waals surface area contributed by atoms with Crippen LogP contribution in [0.4, 0.5) is 5.69 Å². The highest BCUT2D eigenvalue weighted by Gasteiger charge is 2.31. The number of hydrogen-bond acceptors (Lipinski definition) is 6. The van der Waals surface area contributed by atoms with Crippen LogP contribution in [0.3, 0.4) is 0 Å². The predicted octanol–water partition coefficient (Wildman–Crippen LogP) is 3.20. The van der Waals surface area contributed by atoms with Crippen LogP contribution in [0.1, 0.15) is 5.56 Å². The van der Waals surface area contributed by atoms with Gasteiger partial charge in [-0.1, -0.05) is 40.4 Å². The van der Waals surface area contributed by atoms with Gasteiger partial charge < -0.3 is 0 Å². The minimum absolute atomic E-state index is 0.216. The van der Waals surface area contributed by atoms with Crippen molar-refractivity contribution in [2.24, 2.45) is 14.9 Å². The maximum Gasteiger partial charge on any atom is 0.261 e. The second-order valence-corrected chi connectivity index (χ2v) is 8.93. The van der Waals surface area contributed by atoms with E-state index in [1.807, 2.05) is 25.1 Å². The number of aryl methyl sites for hydroxylation is 1. The number of anilines is 1. The molecule has 0 radical (unpaired) electrons. The topological polar surface area (TPSA) is 74.5 Å². The average Bonchev–Trinajstić information content (AvgIpc) is 2.99. The number of nitrogens with zero attached hydrogens (tertiary/aromatic N) is 4. The third-order valence-electron chi connectivity index (χ3n) is 2.86. The van der Waals surface area contributed by atoms with Crippen molar-refractivity contribution in [3.8, 4) is 0 Å². The van der Waals surface area contributed by atoms with Crippen LogP contribution in [0.15, 0.2) is 74.4 Å². The summed E-state index contributed by atoms with van der Waals surface area (Å²) in [5.41, 5.74) is 1.64. The first-order chi connectivity index (χ1) is 10.1. The summed E-state index contributed by atoms with van der Waals surface area (Å²) < 4.78 is 30.5. The van der Waals surface area contributed by atoms with Crippen LogP contribution in [0.25, 0.3) is 0 Å². The van der Waals surface area contributed by atoms with Gasteiger partial charge in [-0.2, -0.15) is 4.41 Å². The Kier molecular flexibility index (Phi) is 3.56. The molecule has 2 aromatic carbocycles. The van der Waals surface area contributed by atoms with E-state index in [-0.39, 0.29) is 4.90 Å². The van der Waals surface area contributed by atoms with Gasteiger partial charge in [0.15, 0.2) is 9.91 Å². The largest absolute Gasteiger partial charge is 0.261 e. The Hall–Kier alpha value is -2.06. The molecule has 1 atom stereocenters. The summed E-state index contributed by atoms with van der Waals surface area (Å²) in [5, 5.41) is 7.36. The summed E-state index contributed by atoms with van der Waals surface area (Å²) in [6.07, 6.45) is 0. The van der Waals surface area contributed by atoms with Crippen LogP contribution < -0.4 is 4.41 Å². The molecule has 8 heteroatoms. The molecule has 1 aliphatic heterocycles. The number of rotatable bonds is 3. The normalized spacial score (nSPS) is 17.8. The SMILES string of the molecule is Cc1ccc(S(=O)(=O)S2=NN=NN2c2ccccc2)cc1. The summed E-state index contributed by atoms with van der Waals surface area (Å²) in [7, 11) is -5.14. The van der Waals surface area contributed by atoms with E-state index >= 15 is 0 Å². The quantitative estimate of drug-likeness (QED) is 0.815. The first-order valence-electron chi connectivity index (χ1n) is 6.12. The Bertz CT molecular complexity index is 815. The Balaban J connectivity index is 2.01. The molecule has 1 heterocycles. The first kappa shape index (κ1) is 13.9. The van der Waals surface area contributed by atoms with Gasteiger partial charge in [0.25, 0.3) is 8.87 Å². The molecular weight excluding hydrogens is 308 g/mol. The molecule has 0 saturated carbocycles. The highest BCUT2D eigenvalue weighted by atomic mass is 33.2. The highest BCUT2D eigenvalue weighted by molar-refractivity contribution is 8.65. The molecular formula is C13H12N4O2S2. The summed E-state index contributed by atoms with van der Waals surface area (Å²) in [6.45, 7) is 1.90. The van der Waals surface area contributed by atoms with Gasteiger partial charge in [0.05, 0.1) is 10.6 Å². The van der Waals surface area contributed by atoms with Gasteiger partial charge in [-0.15, -0.1) is 0 Å². The van der Waals surface area contributed by atoms with Crippen LogP contribution in [-0.4, -0.2) is 8.42 Å². The lowest BCUT2D eigenvalue weighted by Crippen LogP contribution is -2.23. The minimum atomic E-state index is -3.65. The predicted molar refractivity (Wildman–Crippen MR) is 81.9 cm³/mol. The van der Waals surface area contributed by atoms with E-state index in [9.17, 15) is 8.42 Å². The number of benzene rings is 2. The Morgan fingerprint density at radius 2 is 1.67 bits per heavy atom. The van der Waals surface area contributed by atoms with E-state index in [0.29, 0.717) is 5.69 Å². The monoisotopic (exact) mass is 320 g/mol.